The molecule has 0 aliphatic carbocycles. The van der Waals surface area contributed by atoms with Crippen LogP contribution in [0.25, 0.3) is 0 Å². The molecule has 25 heavy (non-hydrogen) atoms. The van der Waals surface area contributed by atoms with E-state index in [1.165, 1.54) is 0 Å². The van der Waals surface area contributed by atoms with Gasteiger partial charge in [-0.25, -0.2) is 0 Å². The molecular formula is C18H17BrClNO4. The number of benzene rings is 2. The van der Waals surface area contributed by atoms with E-state index in [-0.39, 0.29) is 12.7 Å². The molecule has 0 saturated heterocycles. The summed E-state index contributed by atoms with van der Waals surface area (Å²) in [5.41, 5.74) is 0.958. The lowest BCUT2D eigenvalue weighted by molar-refractivity contribution is -0.137. The number of amides is 1. The Morgan fingerprint density at radius 2 is 2.04 bits per heavy atom. The van der Waals surface area contributed by atoms with Crippen molar-refractivity contribution in [1.29, 1.82) is 0 Å². The smallest absolute Gasteiger partial charge is 0.263 e. The summed E-state index contributed by atoms with van der Waals surface area (Å²) in [6.07, 6.45) is -0.628. The Kier molecular flexibility index (Phi) is 5.39. The molecule has 0 spiro atoms. The normalized spacial score (nSPS) is 13.4. The van der Waals surface area contributed by atoms with Gasteiger partial charge in [-0.15, -0.1) is 0 Å². The number of rotatable bonds is 5. The second-order valence-electron chi connectivity index (χ2n) is 5.72. The fourth-order valence-corrected chi connectivity index (χ4v) is 3.29. The van der Waals surface area contributed by atoms with Crippen molar-refractivity contribution in [2.24, 2.45) is 0 Å². The Morgan fingerprint density at radius 1 is 1.28 bits per heavy atom. The maximum atomic E-state index is 12.6. The number of hydrogen-bond donors (Lipinski definition) is 0. The fraction of sp³-hybridized carbons (Fsp3) is 0.278. The van der Waals surface area contributed by atoms with E-state index < -0.39 is 6.10 Å². The predicted octanol–water partition coefficient (Wildman–Crippen LogP) is 4.26. The van der Waals surface area contributed by atoms with Gasteiger partial charge in [-0.2, -0.15) is 0 Å². The first-order valence-electron chi connectivity index (χ1n) is 7.69. The Labute approximate surface area is 159 Å². The number of ether oxygens (including phenoxy) is 3. The lowest BCUT2D eigenvalue weighted by atomic mass is 10.2. The highest BCUT2D eigenvalue weighted by Crippen LogP contribution is 2.33. The summed E-state index contributed by atoms with van der Waals surface area (Å²) < 4.78 is 17.1. The maximum Gasteiger partial charge on any atom is 0.263 e. The number of likely N-dealkylation sites (N-methyl/N-ethyl adjacent to an activating group) is 1. The SMILES string of the molecule is CC(Oc1ccc(Cl)cc1Br)C(=O)N(C)Cc1ccc2c(c1)OCO2. The summed E-state index contributed by atoms with van der Waals surface area (Å²) in [7, 11) is 1.74. The quantitative estimate of drug-likeness (QED) is 0.717. The number of halogens is 2. The molecule has 1 amide bonds. The van der Waals surface area contributed by atoms with Gasteiger partial charge in [0.25, 0.3) is 5.91 Å². The topological polar surface area (TPSA) is 48.0 Å². The van der Waals surface area contributed by atoms with Crippen LogP contribution in [0.3, 0.4) is 0 Å². The van der Waals surface area contributed by atoms with Gasteiger partial charge in [0.2, 0.25) is 6.79 Å². The fourth-order valence-electron chi connectivity index (χ4n) is 2.51. The van der Waals surface area contributed by atoms with Crippen molar-refractivity contribution in [3.05, 3.63) is 51.5 Å². The van der Waals surface area contributed by atoms with Crippen molar-refractivity contribution in [1.82, 2.24) is 4.90 Å². The zero-order valence-electron chi connectivity index (χ0n) is 13.8. The second kappa shape index (κ2) is 7.54. The van der Waals surface area contributed by atoms with Gasteiger partial charge in [-0.3, -0.25) is 4.79 Å². The molecule has 0 bridgehead atoms. The highest BCUT2D eigenvalue weighted by Gasteiger charge is 2.21. The molecule has 5 nitrogen and oxygen atoms in total. The summed E-state index contributed by atoms with van der Waals surface area (Å²) in [6, 6.07) is 10.8. The number of carbonyl (C=O) groups excluding carboxylic acids is 1. The van der Waals surface area contributed by atoms with Crippen LogP contribution in [0.4, 0.5) is 0 Å². The average molecular weight is 427 g/mol. The van der Waals surface area contributed by atoms with Gasteiger partial charge in [-0.05, 0) is 58.7 Å². The lowest BCUT2D eigenvalue weighted by Crippen LogP contribution is -2.37. The lowest BCUT2D eigenvalue weighted by Gasteiger charge is -2.22. The number of nitrogens with zero attached hydrogens (tertiary/aromatic N) is 1. The third-order valence-corrected chi connectivity index (χ3v) is 4.63. The summed E-state index contributed by atoms with van der Waals surface area (Å²) in [4.78, 5) is 14.2. The molecule has 7 heteroatoms. The van der Waals surface area contributed by atoms with E-state index in [0.717, 1.165) is 11.3 Å². The van der Waals surface area contributed by atoms with E-state index in [4.69, 9.17) is 25.8 Å². The minimum absolute atomic E-state index is 0.125. The largest absolute Gasteiger partial charge is 0.480 e. The predicted molar refractivity (Wildman–Crippen MR) is 98.3 cm³/mol. The molecule has 0 fully saturated rings. The van der Waals surface area contributed by atoms with Gasteiger partial charge in [0.1, 0.15) is 5.75 Å². The zero-order chi connectivity index (χ0) is 18.0. The molecule has 1 atom stereocenters. The van der Waals surface area contributed by atoms with Crippen molar-refractivity contribution < 1.29 is 19.0 Å². The van der Waals surface area contributed by atoms with Crippen molar-refractivity contribution in [2.75, 3.05) is 13.8 Å². The first kappa shape index (κ1) is 17.9. The minimum atomic E-state index is -0.628. The number of fused-ring (bicyclic) bond motifs is 1. The molecule has 132 valence electrons. The van der Waals surface area contributed by atoms with Crippen molar-refractivity contribution in [2.45, 2.75) is 19.6 Å². The van der Waals surface area contributed by atoms with Crippen LogP contribution in [-0.4, -0.2) is 30.8 Å². The van der Waals surface area contributed by atoms with Crippen LogP contribution in [0.15, 0.2) is 40.9 Å². The molecule has 1 heterocycles. The van der Waals surface area contributed by atoms with E-state index in [1.54, 1.807) is 37.1 Å². The van der Waals surface area contributed by atoms with E-state index in [2.05, 4.69) is 15.9 Å². The summed E-state index contributed by atoms with van der Waals surface area (Å²) in [6.45, 7) is 2.40. The molecule has 0 saturated carbocycles. The van der Waals surface area contributed by atoms with E-state index in [1.807, 2.05) is 18.2 Å². The molecule has 0 aromatic heterocycles. The van der Waals surface area contributed by atoms with E-state index in [0.29, 0.717) is 27.5 Å². The molecule has 1 aliphatic rings. The third-order valence-electron chi connectivity index (χ3n) is 3.78. The van der Waals surface area contributed by atoms with E-state index in [9.17, 15) is 4.79 Å². The van der Waals surface area contributed by atoms with Gasteiger partial charge < -0.3 is 19.1 Å². The molecular weight excluding hydrogens is 410 g/mol. The average Bonchev–Trinajstić information content (AvgIpc) is 3.04. The summed E-state index contributed by atoms with van der Waals surface area (Å²) >= 11 is 9.30. The Hall–Kier alpha value is -1.92. The second-order valence-corrected chi connectivity index (χ2v) is 7.01. The molecule has 0 N–H and O–H groups in total. The van der Waals surface area contributed by atoms with Crippen LogP contribution in [-0.2, 0) is 11.3 Å². The van der Waals surface area contributed by atoms with Crippen LogP contribution in [0.2, 0.25) is 5.02 Å². The van der Waals surface area contributed by atoms with Crippen molar-refractivity contribution in [3.8, 4) is 17.2 Å². The third kappa shape index (κ3) is 4.19. The summed E-state index contributed by atoms with van der Waals surface area (Å²) in [5.74, 6) is 1.87. The number of carbonyl (C=O) groups is 1. The van der Waals surface area contributed by atoms with Crippen LogP contribution >= 0.6 is 27.5 Å². The van der Waals surface area contributed by atoms with Crippen LogP contribution in [0.1, 0.15) is 12.5 Å². The van der Waals surface area contributed by atoms with Gasteiger partial charge in [0.05, 0.1) is 4.47 Å². The zero-order valence-corrected chi connectivity index (χ0v) is 16.1. The highest BCUT2D eigenvalue weighted by molar-refractivity contribution is 9.10. The Bertz CT molecular complexity index is 799. The molecule has 3 rings (SSSR count). The first-order chi connectivity index (χ1) is 11.9. The van der Waals surface area contributed by atoms with Gasteiger partial charge in [-0.1, -0.05) is 17.7 Å². The molecule has 1 aliphatic heterocycles. The number of hydrogen-bond acceptors (Lipinski definition) is 4. The van der Waals surface area contributed by atoms with Crippen molar-refractivity contribution in [3.63, 3.8) is 0 Å². The molecule has 2 aromatic rings. The van der Waals surface area contributed by atoms with Crippen LogP contribution in [0, 0.1) is 0 Å². The van der Waals surface area contributed by atoms with E-state index >= 15 is 0 Å². The monoisotopic (exact) mass is 425 g/mol. The minimum Gasteiger partial charge on any atom is -0.480 e. The van der Waals surface area contributed by atoms with Crippen LogP contribution in [0.5, 0.6) is 17.2 Å². The summed E-state index contributed by atoms with van der Waals surface area (Å²) in [5, 5.41) is 0.595. The molecule has 0 radical (unpaired) electrons. The highest BCUT2D eigenvalue weighted by atomic mass is 79.9. The Morgan fingerprint density at radius 3 is 2.80 bits per heavy atom. The Balaban J connectivity index is 1.63. The van der Waals surface area contributed by atoms with Gasteiger partial charge in [0, 0.05) is 18.6 Å². The first-order valence-corrected chi connectivity index (χ1v) is 8.86. The maximum absolute atomic E-state index is 12.6. The van der Waals surface area contributed by atoms with Crippen molar-refractivity contribution >= 4 is 33.4 Å². The van der Waals surface area contributed by atoms with Gasteiger partial charge >= 0.3 is 0 Å². The van der Waals surface area contributed by atoms with Crippen LogP contribution < -0.4 is 14.2 Å². The van der Waals surface area contributed by atoms with Gasteiger partial charge in [0.15, 0.2) is 17.6 Å². The standard InChI is InChI=1S/C18H17BrClNO4/c1-11(25-15-6-4-13(20)8-14(15)19)18(22)21(2)9-12-3-5-16-17(7-12)24-10-23-16/h3-8,11H,9-10H2,1-2H3. The molecule has 2 aromatic carbocycles. The molecule has 1 unspecified atom stereocenters.